The maximum atomic E-state index is 12.6. The number of benzene rings is 1. The molecular formula is C18H18N4O2. The van der Waals surface area contributed by atoms with E-state index in [1.165, 1.54) is 0 Å². The van der Waals surface area contributed by atoms with Gasteiger partial charge in [0.2, 0.25) is 0 Å². The van der Waals surface area contributed by atoms with Crippen LogP contribution < -0.4 is 4.74 Å². The molecule has 24 heavy (non-hydrogen) atoms. The molecule has 4 rings (SSSR count). The minimum absolute atomic E-state index is 0.111. The van der Waals surface area contributed by atoms with Crippen molar-refractivity contribution in [1.82, 2.24) is 19.6 Å². The first-order valence-electron chi connectivity index (χ1n) is 8.10. The van der Waals surface area contributed by atoms with Gasteiger partial charge < -0.3 is 4.74 Å². The van der Waals surface area contributed by atoms with Crippen LogP contribution in [-0.4, -0.2) is 32.5 Å². The fourth-order valence-corrected chi connectivity index (χ4v) is 3.19. The van der Waals surface area contributed by atoms with E-state index in [0.29, 0.717) is 17.8 Å². The number of Topliss-reactive ketones (excluding diaryl/α,β-unsaturated/α-hetero) is 1. The van der Waals surface area contributed by atoms with Gasteiger partial charge in [-0.25, -0.2) is 9.50 Å². The molecule has 1 atom stereocenters. The number of ether oxygens (including phenoxy) is 1. The Morgan fingerprint density at radius 2 is 2.00 bits per heavy atom. The predicted octanol–water partition coefficient (Wildman–Crippen LogP) is 2.61. The molecule has 0 radical (unpaired) electrons. The molecular weight excluding hydrogens is 304 g/mol. The Kier molecular flexibility index (Phi) is 3.52. The lowest BCUT2D eigenvalue weighted by Crippen LogP contribution is -2.21. The van der Waals surface area contributed by atoms with Gasteiger partial charge in [0.05, 0.1) is 18.4 Å². The van der Waals surface area contributed by atoms with E-state index in [1.807, 2.05) is 31.2 Å². The topological polar surface area (TPSA) is 69.4 Å². The number of aromatic nitrogens is 4. The van der Waals surface area contributed by atoms with Crippen molar-refractivity contribution in [2.75, 3.05) is 7.11 Å². The molecule has 6 nitrogen and oxygen atoms in total. The first kappa shape index (κ1) is 14.8. The van der Waals surface area contributed by atoms with Crippen LogP contribution in [-0.2, 0) is 12.8 Å². The minimum Gasteiger partial charge on any atom is -0.497 e. The van der Waals surface area contributed by atoms with E-state index in [0.717, 1.165) is 35.7 Å². The summed E-state index contributed by atoms with van der Waals surface area (Å²) in [7, 11) is 1.65. The Morgan fingerprint density at radius 1 is 1.21 bits per heavy atom. The third-order valence-corrected chi connectivity index (χ3v) is 4.53. The summed E-state index contributed by atoms with van der Waals surface area (Å²) >= 11 is 0. The fraction of sp³-hybridized carbons (Fsp3) is 0.333. The summed E-state index contributed by atoms with van der Waals surface area (Å²) in [6.07, 6.45) is 3.74. The van der Waals surface area contributed by atoms with Crippen molar-refractivity contribution in [3.8, 4) is 5.75 Å². The number of nitrogens with zero attached hydrogens (tertiary/aromatic N) is 4. The zero-order chi connectivity index (χ0) is 16.7. The molecule has 6 heteroatoms. The molecule has 0 aliphatic heterocycles. The molecule has 1 aromatic carbocycles. The molecule has 0 saturated heterocycles. The molecule has 3 aromatic rings. The van der Waals surface area contributed by atoms with Gasteiger partial charge in [-0.3, -0.25) is 4.79 Å². The highest BCUT2D eigenvalue weighted by atomic mass is 16.5. The second-order valence-electron chi connectivity index (χ2n) is 6.03. The number of hydrogen-bond acceptors (Lipinski definition) is 5. The highest BCUT2D eigenvalue weighted by Gasteiger charge is 2.28. The van der Waals surface area contributed by atoms with Crippen molar-refractivity contribution in [2.24, 2.45) is 0 Å². The van der Waals surface area contributed by atoms with Crippen LogP contribution in [0.15, 0.2) is 30.5 Å². The number of aryl methyl sites for hydroxylation is 1. The van der Waals surface area contributed by atoms with E-state index in [-0.39, 0.29) is 11.7 Å². The molecule has 0 amide bonds. The Labute approximate surface area is 139 Å². The first-order valence-corrected chi connectivity index (χ1v) is 8.10. The van der Waals surface area contributed by atoms with E-state index >= 15 is 0 Å². The normalized spacial score (nSPS) is 17.1. The lowest BCUT2D eigenvalue weighted by molar-refractivity contribution is 0.0962. The number of methoxy groups -OCH3 is 1. The Balaban J connectivity index is 1.71. The van der Waals surface area contributed by atoms with E-state index in [2.05, 4.69) is 15.1 Å². The van der Waals surface area contributed by atoms with Gasteiger partial charge in [0.1, 0.15) is 5.75 Å². The Hall–Kier alpha value is -2.76. The van der Waals surface area contributed by atoms with Gasteiger partial charge in [0.15, 0.2) is 11.6 Å². The third kappa shape index (κ3) is 2.44. The molecule has 1 aliphatic rings. The second kappa shape index (κ2) is 5.70. The zero-order valence-electron chi connectivity index (χ0n) is 13.7. The number of fused-ring (bicyclic) bond motifs is 2. The standard InChI is InChI=1S/C18H18N4O2/c1-3-17-20-18-19-15-8-12(11-4-6-13(24-2)7-5-11)9-16(23)14(15)10-22(18)21-17/h4-7,10,12H,3,8-9H2,1-2H3. The van der Waals surface area contributed by atoms with Crippen molar-refractivity contribution in [1.29, 1.82) is 0 Å². The molecule has 2 heterocycles. The number of carbonyl (C=O) groups is 1. The summed E-state index contributed by atoms with van der Waals surface area (Å²) in [6, 6.07) is 7.90. The average molecular weight is 322 g/mol. The lowest BCUT2D eigenvalue weighted by atomic mass is 9.82. The van der Waals surface area contributed by atoms with Crippen molar-refractivity contribution in [3.05, 3.63) is 53.1 Å². The van der Waals surface area contributed by atoms with Gasteiger partial charge in [-0.1, -0.05) is 19.1 Å². The van der Waals surface area contributed by atoms with E-state index in [9.17, 15) is 4.79 Å². The number of rotatable bonds is 3. The van der Waals surface area contributed by atoms with Crippen LogP contribution in [0, 0.1) is 0 Å². The summed E-state index contributed by atoms with van der Waals surface area (Å²) in [4.78, 5) is 21.6. The molecule has 122 valence electrons. The minimum atomic E-state index is 0.111. The maximum absolute atomic E-state index is 12.6. The molecule has 1 unspecified atom stereocenters. The highest BCUT2D eigenvalue weighted by molar-refractivity contribution is 5.98. The lowest BCUT2D eigenvalue weighted by Gasteiger charge is -2.23. The Morgan fingerprint density at radius 3 is 2.71 bits per heavy atom. The van der Waals surface area contributed by atoms with Crippen LogP contribution in [0.25, 0.3) is 5.78 Å². The molecule has 1 aliphatic carbocycles. The monoisotopic (exact) mass is 322 g/mol. The van der Waals surface area contributed by atoms with Gasteiger partial charge >= 0.3 is 0 Å². The van der Waals surface area contributed by atoms with Crippen molar-refractivity contribution in [2.45, 2.75) is 32.1 Å². The SMILES string of the molecule is CCc1nc2nc3c(cn2n1)C(=O)CC(c1ccc(OC)cc1)C3. The van der Waals surface area contributed by atoms with E-state index in [4.69, 9.17) is 4.74 Å². The average Bonchev–Trinajstić information content (AvgIpc) is 3.02. The zero-order valence-corrected chi connectivity index (χ0v) is 13.7. The van der Waals surface area contributed by atoms with Gasteiger partial charge in [0.25, 0.3) is 5.78 Å². The molecule has 0 saturated carbocycles. The number of hydrogen-bond donors (Lipinski definition) is 0. The molecule has 0 bridgehead atoms. The van der Waals surface area contributed by atoms with Crippen LogP contribution >= 0.6 is 0 Å². The summed E-state index contributed by atoms with van der Waals surface area (Å²) in [5, 5.41) is 4.35. The van der Waals surface area contributed by atoms with Crippen LogP contribution in [0.1, 0.15) is 46.7 Å². The van der Waals surface area contributed by atoms with Gasteiger partial charge in [0, 0.05) is 19.0 Å². The maximum Gasteiger partial charge on any atom is 0.252 e. The van der Waals surface area contributed by atoms with Crippen LogP contribution in [0.2, 0.25) is 0 Å². The number of carbonyl (C=O) groups excluding carboxylic acids is 1. The van der Waals surface area contributed by atoms with Gasteiger partial charge in [-0.05, 0) is 30.0 Å². The van der Waals surface area contributed by atoms with Crippen LogP contribution in [0.3, 0.4) is 0 Å². The summed E-state index contributed by atoms with van der Waals surface area (Å²) in [5.74, 6) is 2.37. The predicted molar refractivity (Wildman–Crippen MR) is 88.5 cm³/mol. The summed E-state index contributed by atoms with van der Waals surface area (Å²) in [6.45, 7) is 2.00. The summed E-state index contributed by atoms with van der Waals surface area (Å²) in [5.41, 5.74) is 2.61. The van der Waals surface area contributed by atoms with Crippen molar-refractivity contribution in [3.63, 3.8) is 0 Å². The van der Waals surface area contributed by atoms with E-state index < -0.39 is 0 Å². The van der Waals surface area contributed by atoms with Gasteiger partial charge in [-0.2, -0.15) is 4.98 Å². The number of ketones is 1. The quantitative estimate of drug-likeness (QED) is 0.741. The molecule has 2 aromatic heterocycles. The van der Waals surface area contributed by atoms with Gasteiger partial charge in [-0.15, -0.1) is 5.10 Å². The van der Waals surface area contributed by atoms with Crippen molar-refractivity contribution < 1.29 is 9.53 Å². The second-order valence-corrected chi connectivity index (χ2v) is 6.03. The molecule has 0 spiro atoms. The third-order valence-electron chi connectivity index (χ3n) is 4.53. The smallest absolute Gasteiger partial charge is 0.252 e. The molecule has 0 fully saturated rings. The van der Waals surface area contributed by atoms with Crippen LogP contribution in [0.5, 0.6) is 5.75 Å². The largest absolute Gasteiger partial charge is 0.497 e. The first-order chi connectivity index (χ1) is 11.7. The Bertz CT molecular complexity index is 915. The highest BCUT2D eigenvalue weighted by Crippen LogP contribution is 2.32. The summed E-state index contributed by atoms with van der Waals surface area (Å²) < 4.78 is 6.81. The fourth-order valence-electron chi connectivity index (χ4n) is 3.19. The molecule has 0 N–H and O–H groups in total. The van der Waals surface area contributed by atoms with Crippen molar-refractivity contribution >= 4 is 11.6 Å². The van der Waals surface area contributed by atoms with E-state index in [1.54, 1.807) is 17.8 Å². The van der Waals surface area contributed by atoms with Crippen LogP contribution in [0.4, 0.5) is 0 Å².